The van der Waals surface area contributed by atoms with E-state index in [0.29, 0.717) is 29.6 Å². The van der Waals surface area contributed by atoms with Crippen LogP contribution >= 0.6 is 0 Å². The van der Waals surface area contributed by atoms with Gasteiger partial charge < -0.3 is 9.47 Å². The topological polar surface area (TPSA) is 75.9 Å². The minimum absolute atomic E-state index is 0.354. The Morgan fingerprint density at radius 1 is 1.17 bits per heavy atom. The first-order valence-corrected chi connectivity index (χ1v) is 7.99. The second-order valence-electron chi connectivity index (χ2n) is 6.56. The number of hydrogen-bond acceptors (Lipinski definition) is 4. The highest BCUT2D eigenvalue weighted by molar-refractivity contribution is 5.76. The Labute approximate surface area is 138 Å². The Kier molecular flexibility index (Phi) is 3.13. The van der Waals surface area contributed by atoms with Gasteiger partial charge in [-0.1, -0.05) is 24.6 Å². The number of rotatable bonds is 1. The van der Waals surface area contributed by atoms with Crippen molar-refractivity contribution in [2.75, 3.05) is 11.4 Å². The van der Waals surface area contributed by atoms with Crippen molar-refractivity contribution < 1.29 is 0 Å². The maximum atomic E-state index is 12.3. The summed E-state index contributed by atoms with van der Waals surface area (Å²) >= 11 is 0. The zero-order valence-electron chi connectivity index (χ0n) is 13.9. The van der Waals surface area contributed by atoms with E-state index >= 15 is 0 Å². The summed E-state index contributed by atoms with van der Waals surface area (Å²) in [5.41, 5.74) is 2.27. The largest absolute Gasteiger partial charge is 0.329 e. The third-order valence-electron chi connectivity index (χ3n) is 4.56. The number of imidazole rings is 1. The summed E-state index contributed by atoms with van der Waals surface area (Å²) in [5, 5.41) is 0. The first-order chi connectivity index (χ1) is 11.5. The molecule has 24 heavy (non-hydrogen) atoms. The standard InChI is InChI=1S/C17H19N5O2/c1-10-4-6-12(7-5-10)21-8-11(2)9-22-13-14(18-16(21)22)20(3)17(24)19-15(13)23/h4-7,11H,8-9H2,1-3H3,(H,19,23,24). The van der Waals surface area contributed by atoms with Crippen LogP contribution in [0.15, 0.2) is 33.9 Å². The number of aromatic amines is 1. The molecule has 1 aromatic carbocycles. The summed E-state index contributed by atoms with van der Waals surface area (Å²) in [6.07, 6.45) is 0. The number of hydrogen-bond donors (Lipinski definition) is 1. The average molecular weight is 325 g/mol. The molecule has 0 amide bonds. The van der Waals surface area contributed by atoms with Crippen molar-refractivity contribution in [3.63, 3.8) is 0 Å². The summed E-state index contributed by atoms with van der Waals surface area (Å²) in [5.74, 6) is 1.06. The van der Waals surface area contributed by atoms with E-state index in [9.17, 15) is 9.59 Å². The van der Waals surface area contributed by atoms with E-state index in [1.165, 1.54) is 10.1 Å². The predicted octanol–water partition coefficient (Wildman–Crippen LogP) is 1.52. The van der Waals surface area contributed by atoms with Gasteiger partial charge in [-0.25, -0.2) is 4.79 Å². The van der Waals surface area contributed by atoms with E-state index in [2.05, 4.69) is 46.1 Å². The maximum Gasteiger partial charge on any atom is 0.329 e. The summed E-state index contributed by atoms with van der Waals surface area (Å²) < 4.78 is 3.31. The minimum Gasteiger partial charge on any atom is -0.312 e. The molecule has 7 nitrogen and oxygen atoms in total. The lowest BCUT2D eigenvalue weighted by molar-refractivity contribution is 0.458. The Morgan fingerprint density at radius 3 is 2.58 bits per heavy atom. The molecule has 2 aromatic heterocycles. The van der Waals surface area contributed by atoms with Crippen molar-refractivity contribution in [2.45, 2.75) is 20.4 Å². The van der Waals surface area contributed by atoms with Gasteiger partial charge in [-0.2, -0.15) is 4.98 Å². The van der Waals surface area contributed by atoms with Gasteiger partial charge in [0.1, 0.15) is 0 Å². The Balaban J connectivity index is 2.00. The van der Waals surface area contributed by atoms with Gasteiger partial charge in [0.2, 0.25) is 5.95 Å². The molecule has 0 bridgehead atoms. The molecule has 3 heterocycles. The Morgan fingerprint density at radius 2 is 1.88 bits per heavy atom. The zero-order valence-corrected chi connectivity index (χ0v) is 13.9. The van der Waals surface area contributed by atoms with Crippen LogP contribution in [0.1, 0.15) is 12.5 Å². The van der Waals surface area contributed by atoms with Gasteiger partial charge in [-0.05, 0) is 25.0 Å². The molecule has 0 fully saturated rings. The molecule has 0 aliphatic carbocycles. The van der Waals surface area contributed by atoms with Gasteiger partial charge in [0, 0.05) is 25.8 Å². The quantitative estimate of drug-likeness (QED) is 0.736. The molecular weight excluding hydrogens is 306 g/mol. The van der Waals surface area contributed by atoms with Gasteiger partial charge in [-0.15, -0.1) is 0 Å². The fourth-order valence-corrected chi connectivity index (χ4v) is 3.31. The van der Waals surface area contributed by atoms with Gasteiger partial charge in [0.25, 0.3) is 5.56 Å². The van der Waals surface area contributed by atoms with Crippen molar-refractivity contribution in [1.29, 1.82) is 0 Å². The van der Waals surface area contributed by atoms with Crippen LogP contribution in [0.3, 0.4) is 0 Å². The molecule has 124 valence electrons. The van der Waals surface area contributed by atoms with Crippen LogP contribution in [0.5, 0.6) is 0 Å². The molecule has 1 N–H and O–H groups in total. The number of anilines is 2. The number of aromatic nitrogens is 4. The number of H-pyrrole nitrogens is 1. The van der Waals surface area contributed by atoms with E-state index in [1.54, 1.807) is 7.05 Å². The molecule has 1 atom stereocenters. The van der Waals surface area contributed by atoms with E-state index in [4.69, 9.17) is 0 Å². The van der Waals surface area contributed by atoms with Crippen LogP contribution in [0.2, 0.25) is 0 Å². The molecular formula is C17H19N5O2. The average Bonchev–Trinajstić information content (AvgIpc) is 2.92. The molecule has 0 radical (unpaired) electrons. The number of fused-ring (bicyclic) bond motifs is 3. The second kappa shape index (κ2) is 5.09. The molecule has 7 heteroatoms. The van der Waals surface area contributed by atoms with Crippen molar-refractivity contribution in [3.8, 4) is 0 Å². The van der Waals surface area contributed by atoms with Crippen LogP contribution in [0, 0.1) is 12.8 Å². The molecule has 0 spiro atoms. The predicted molar refractivity (Wildman–Crippen MR) is 92.9 cm³/mol. The van der Waals surface area contributed by atoms with Crippen LogP contribution in [0.25, 0.3) is 11.2 Å². The van der Waals surface area contributed by atoms with Gasteiger partial charge >= 0.3 is 5.69 Å². The van der Waals surface area contributed by atoms with Crippen LogP contribution in [-0.4, -0.2) is 25.6 Å². The molecule has 0 saturated carbocycles. The van der Waals surface area contributed by atoms with Crippen LogP contribution in [-0.2, 0) is 13.6 Å². The zero-order chi connectivity index (χ0) is 17.0. The minimum atomic E-state index is -0.446. The highest BCUT2D eigenvalue weighted by atomic mass is 16.2. The molecule has 0 saturated heterocycles. The smallest absolute Gasteiger partial charge is 0.312 e. The molecule has 3 aromatic rings. The highest BCUT2D eigenvalue weighted by Crippen LogP contribution is 2.32. The summed E-state index contributed by atoms with van der Waals surface area (Å²) in [6, 6.07) is 8.23. The van der Waals surface area contributed by atoms with Gasteiger partial charge in [0.05, 0.1) is 0 Å². The third-order valence-corrected chi connectivity index (χ3v) is 4.56. The van der Waals surface area contributed by atoms with Crippen molar-refractivity contribution in [3.05, 3.63) is 50.7 Å². The van der Waals surface area contributed by atoms with Gasteiger partial charge in [0.15, 0.2) is 11.2 Å². The molecule has 1 unspecified atom stereocenters. The summed E-state index contributed by atoms with van der Waals surface area (Å²) in [6.45, 7) is 5.72. The molecule has 1 aliphatic rings. The summed E-state index contributed by atoms with van der Waals surface area (Å²) in [7, 11) is 1.62. The molecule has 4 rings (SSSR count). The second-order valence-corrected chi connectivity index (χ2v) is 6.56. The lowest BCUT2D eigenvalue weighted by Gasteiger charge is -2.33. The maximum absolute atomic E-state index is 12.3. The molecule has 1 aliphatic heterocycles. The number of aryl methyl sites for hydroxylation is 2. The van der Waals surface area contributed by atoms with Crippen molar-refractivity contribution in [1.82, 2.24) is 19.1 Å². The summed E-state index contributed by atoms with van der Waals surface area (Å²) in [4.78, 5) is 33.3. The first kappa shape index (κ1) is 14.7. The Hall–Kier alpha value is -2.83. The SMILES string of the molecule is Cc1ccc(N2CC(C)Cn3c2nc2c3c(=O)[nH]c(=O)n2C)cc1. The normalized spacial score (nSPS) is 17.3. The van der Waals surface area contributed by atoms with Crippen molar-refractivity contribution >= 4 is 22.8 Å². The third kappa shape index (κ3) is 2.08. The van der Waals surface area contributed by atoms with E-state index < -0.39 is 5.69 Å². The lowest BCUT2D eigenvalue weighted by Crippen LogP contribution is -2.35. The fraction of sp³-hybridized carbons (Fsp3) is 0.353. The van der Waals surface area contributed by atoms with E-state index in [1.807, 2.05) is 11.5 Å². The first-order valence-electron chi connectivity index (χ1n) is 7.99. The Bertz CT molecular complexity index is 1040. The van der Waals surface area contributed by atoms with E-state index in [0.717, 1.165) is 12.2 Å². The van der Waals surface area contributed by atoms with Crippen LogP contribution < -0.4 is 16.1 Å². The van der Waals surface area contributed by atoms with Crippen molar-refractivity contribution in [2.24, 2.45) is 13.0 Å². The van der Waals surface area contributed by atoms with Crippen LogP contribution in [0.4, 0.5) is 11.6 Å². The number of benzene rings is 1. The highest BCUT2D eigenvalue weighted by Gasteiger charge is 2.28. The number of nitrogens with one attached hydrogen (secondary N) is 1. The lowest BCUT2D eigenvalue weighted by atomic mass is 10.1. The van der Waals surface area contributed by atoms with Gasteiger partial charge in [-0.3, -0.25) is 14.3 Å². The van der Waals surface area contributed by atoms with E-state index in [-0.39, 0.29) is 5.56 Å². The number of nitrogens with zero attached hydrogens (tertiary/aromatic N) is 4. The fourth-order valence-electron chi connectivity index (χ4n) is 3.31. The monoisotopic (exact) mass is 325 g/mol.